The first-order valence-electron chi connectivity index (χ1n) is 7.59. The van der Waals surface area contributed by atoms with Crippen LogP contribution in [0.2, 0.25) is 0 Å². The molecule has 0 saturated carbocycles. The second kappa shape index (κ2) is 9.02. The Morgan fingerprint density at radius 2 is 2.19 bits per heavy atom. The van der Waals surface area contributed by atoms with Crippen molar-refractivity contribution in [2.24, 2.45) is 0 Å². The van der Waals surface area contributed by atoms with Crippen LogP contribution in [0.15, 0.2) is 22.8 Å². The molecule has 1 saturated heterocycles. The third kappa shape index (κ3) is 5.30. The minimum atomic E-state index is 0.238. The fourth-order valence-corrected chi connectivity index (χ4v) is 2.82. The molecule has 0 bridgehead atoms. The molecule has 0 aromatic carbocycles. The van der Waals surface area contributed by atoms with Crippen molar-refractivity contribution in [3.05, 3.63) is 24.2 Å². The predicted octanol–water partition coefficient (Wildman–Crippen LogP) is 1.92. The van der Waals surface area contributed by atoms with E-state index in [-0.39, 0.29) is 6.04 Å². The highest BCUT2D eigenvalue weighted by Crippen LogP contribution is 2.24. The van der Waals surface area contributed by atoms with Gasteiger partial charge in [-0.3, -0.25) is 4.90 Å². The maximum Gasteiger partial charge on any atom is 0.166 e. The van der Waals surface area contributed by atoms with Gasteiger partial charge in [0.25, 0.3) is 0 Å². The quantitative estimate of drug-likeness (QED) is 0.593. The topological polar surface area (TPSA) is 49.7 Å². The zero-order valence-electron chi connectivity index (χ0n) is 12.6. The van der Waals surface area contributed by atoms with Gasteiger partial charge in [-0.05, 0) is 50.3 Å². The molecule has 6 heteroatoms. The molecule has 1 aliphatic rings. The van der Waals surface area contributed by atoms with Gasteiger partial charge in [0.05, 0.1) is 18.9 Å². The summed E-state index contributed by atoms with van der Waals surface area (Å²) in [6, 6.07) is 4.23. The Labute approximate surface area is 132 Å². The summed E-state index contributed by atoms with van der Waals surface area (Å²) >= 11 is 5.29. The average molecular weight is 311 g/mol. The normalized spacial score (nSPS) is 17.4. The Balaban J connectivity index is 1.86. The van der Waals surface area contributed by atoms with Crippen LogP contribution in [0, 0.1) is 0 Å². The third-order valence-electron chi connectivity index (χ3n) is 3.75. The lowest BCUT2D eigenvalue weighted by molar-refractivity contribution is 0.146. The smallest absolute Gasteiger partial charge is 0.166 e. The summed E-state index contributed by atoms with van der Waals surface area (Å²) in [6.07, 6.45) is 5.58. The van der Waals surface area contributed by atoms with E-state index in [0.717, 1.165) is 31.9 Å². The van der Waals surface area contributed by atoms with E-state index in [9.17, 15) is 0 Å². The number of methoxy groups -OCH3 is 1. The van der Waals surface area contributed by atoms with E-state index in [1.165, 1.54) is 19.3 Å². The van der Waals surface area contributed by atoms with Crippen molar-refractivity contribution in [3.8, 4) is 0 Å². The molecule has 0 aliphatic carbocycles. The van der Waals surface area contributed by atoms with Crippen LogP contribution in [0.25, 0.3) is 0 Å². The Morgan fingerprint density at radius 3 is 2.86 bits per heavy atom. The Bertz CT molecular complexity index is 405. The summed E-state index contributed by atoms with van der Waals surface area (Å²) in [5.74, 6) is 1.00. The lowest BCUT2D eigenvalue weighted by Gasteiger charge is -2.33. The van der Waals surface area contributed by atoms with Gasteiger partial charge in [-0.15, -0.1) is 0 Å². The van der Waals surface area contributed by atoms with E-state index in [1.807, 2.05) is 12.1 Å². The fourth-order valence-electron chi connectivity index (χ4n) is 2.64. The maximum absolute atomic E-state index is 5.61. The van der Waals surface area contributed by atoms with Gasteiger partial charge < -0.3 is 19.8 Å². The van der Waals surface area contributed by atoms with Gasteiger partial charge in [0.1, 0.15) is 5.76 Å². The molecule has 0 radical (unpaired) electrons. The Morgan fingerprint density at radius 1 is 1.38 bits per heavy atom. The SMILES string of the molecule is COCCNC(=S)NCC(c1ccco1)N1CCCCC1. The molecule has 2 heterocycles. The van der Waals surface area contributed by atoms with Crippen molar-refractivity contribution in [3.63, 3.8) is 0 Å². The van der Waals surface area contributed by atoms with E-state index in [0.29, 0.717) is 11.7 Å². The number of rotatable bonds is 7. The zero-order chi connectivity index (χ0) is 14.9. The average Bonchev–Trinajstić information content (AvgIpc) is 3.03. The van der Waals surface area contributed by atoms with E-state index in [2.05, 4.69) is 15.5 Å². The van der Waals surface area contributed by atoms with Crippen molar-refractivity contribution in [1.29, 1.82) is 0 Å². The molecule has 118 valence electrons. The van der Waals surface area contributed by atoms with E-state index in [1.54, 1.807) is 13.4 Å². The number of furan rings is 1. The molecule has 5 nitrogen and oxygen atoms in total. The number of thiocarbonyl (C=S) groups is 1. The van der Waals surface area contributed by atoms with Gasteiger partial charge in [0.15, 0.2) is 5.11 Å². The summed E-state index contributed by atoms with van der Waals surface area (Å²) in [4.78, 5) is 2.48. The molecule has 2 rings (SSSR count). The van der Waals surface area contributed by atoms with Gasteiger partial charge in [-0.1, -0.05) is 6.42 Å². The fraction of sp³-hybridized carbons (Fsp3) is 0.667. The second-order valence-corrected chi connectivity index (χ2v) is 5.67. The van der Waals surface area contributed by atoms with Gasteiger partial charge in [-0.2, -0.15) is 0 Å². The van der Waals surface area contributed by atoms with Gasteiger partial charge in [0.2, 0.25) is 0 Å². The van der Waals surface area contributed by atoms with Crippen LogP contribution in [0.4, 0.5) is 0 Å². The first-order chi connectivity index (χ1) is 10.3. The highest BCUT2D eigenvalue weighted by molar-refractivity contribution is 7.80. The van der Waals surface area contributed by atoms with Crippen molar-refractivity contribution < 1.29 is 9.15 Å². The van der Waals surface area contributed by atoms with Crippen LogP contribution in [0.3, 0.4) is 0 Å². The molecule has 1 aromatic heterocycles. The zero-order valence-corrected chi connectivity index (χ0v) is 13.5. The molecule has 0 amide bonds. The number of piperidine rings is 1. The summed E-state index contributed by atoms with van der Waals surface area (Å²) in [7, 11) is 1.68. The van der Waals surface area contributed by atoms with Crippen LogP contribution < -0.4 is 10.6 Å². The minimum absolute atomic E-state index is 0.238. The summed E-state index contributed by atoms with van der Waals surface area (Å²) in [5, 5.41) is 7.09. The molecule has 0 spiro atoms. The van der Waals surface area contributed by atoms with Crippen LogP contribution in [-0.4, -0.2) is 49.9 Å². The highest BCUT2D eigenvalue weighted by Gasteiger charge is 2.24. The van der Waals surface area contributed by atoms with E-state index >= 15 is 0 Å². The predicted molar refractivity (Wildman–Crippen MR) is 87.4 cm³/mol. The van der Waals surface area contributed by atoms with Gasteiger partial charge in [-0.25, -0.2) is 0 Å². The lowest BCUT2D eigenvalue weighted by Crippen LogP contribution is -2.44. The van der Waals surface area contributed by atoms with Crippen LogP contribution in [0.1, 0.15) is 31.1 Å². The van der Waals surface area contributed by atoms with Crippen LogP contribution in [-0.2, 0) is 4.74 Å². The molecular formula is C15H25N3O2S. The first-order valence-corrected chi connectivity index (χ1v) is 8.00. The van der Waals surface area contributed by atoms with Gasteiger partial charge in [0, 0.05) is 20.2 Å². The molecule has 1 atom stereocenters. The van der Waals surface area contributed by atoms with Crippen LogP contribution in [0.5, 0.6) is 0 Å². The van der Waals surface area contributed by atoms with Crippen LogP contribution >= 0.6 is 12.2 Å². The number of hydrogen-bond donors (Lipinski definition) is 2. The molecule has 2 N–H and O–H groups in total. The van der Waals surface area contributed by atoms with Crippen molar-refractivity contribution in [1.82, 2.24) is 15.5 Å². The monoisotopic (exact) mass is 311 g/mol. The number of nitrogens with zero attached hydrogens (tertiary/aromatic N) is 1. The number of ether oxygens (including phenoxy) is 1. The molecule has 1 unspecified atom stereocenters. The number of likely N-dealkylation sites (tertiary alicyclic amines) is 1. The highest BCUT2D eigenvalue weighted by atomic mass is 32.1. The maximum atomic E-state index is 5.61. The largest absolute Gasteiger partial charge is 0.468 e. The first kappa shape index (κ1) is 16.3. The molecule has 1 fully saturated rings. The number of nitrogens with one attached hydrogen (secondary N) is 2. The second-order valence-electron chi connectivity index (χ2n) is 5.26. The molecule has 21 heavy (non-hydrogen) atoms. The standard InChI is InChI=1S/C15H25N3O2S/c1-19-11-7-16-15(21)17-12-13(14-6-5-10-20-14)18-8-3-2-4-9-18/h5-6,10,13H,2-4,7-9,11-12H2,1H3,(H2,16,17,21). The Kier molecular flexibility index (Phi) is 6.99. The minimum Gasteiger partial charge on any atom is -0.468 e. The molecular weight excluding hydrogens is 286 g/mol. The number of hydrogen-bond acceptors (Lipinski definition) is 4. The van der Waals surface area contributed by atoms with Crippen molar-refractivity contribution >= 4 is 17.3 Å². The summed E-state index contributed by atoms with van der Waals surface area (Å²) in [6.45, 7) is 4.37. The van der Waals surface area contributed by atoms with E-state index < -0.39 is 0 Å². The van der Waals surface area contributed by atoms with Crippen molar-refractivity contribution in [2.45, 2.75) is 25.3 Å². The third-order valence-corrected chi connectivity index (χ3v) is 4.04. The van der Waals surface area contributed by atoms with Crippen molar-refractivity contribution in [2.75, 3.05) is 39.9 Å². The Hall–Kier alpha value is -1.11. The molecule has 1 aromatic rings. The summed E-state index contributed by atoms with van der Waals surface area (Å²) in [5.41, 5.74) is 0. The molecule has 1 aliphatic heterocycles. The van der Waals surface area contributed by atoms with E-state index in [4.69, 9.17) is 21.4 Å². The summed E-state index contributed by atoms with van der Waals surface area (Å²) < 4.78 is 10.6. The van der Waals surface area contributed by atoms with Gasteiger partial charge >= 0.3 is 0 Å². The lowest BCUT2D eigenvalue weighted by atomic mass is 10.1.